The molecule has 0 saturated heterocycles. The van der Waals surface area contributed by atoms with Crippen LogP contribution in [0.15, 0.2) is 30.9 Å². The summed E-state index contributed by atoms with van der Waals surface area (Å²) in [5, 5.41) is 0.397. The largest absolute Gasteiger partial charge is 0.330 e. The molecular weight excluding hydrogens is 213 g/mol. The minimum absolute atomic E-state index is 0.308. The predicted molar refractivity (Wildman–Crippen MR) is 62.6 cm³/mol. The molecule has 1 atom stereocenters. The molecule has 0 heterocycles. The van der Waals surface area contributed by atoms with Gasteiger partial charge in [0.05, 0.1) is 0 Å². The van der Waals surface area contributed by atoms with Crippen molar-refractivity contribution in [2.75, 3.05) is 6.54 Å². The van der Waals surface area contributed by atoms with Crippen molar-refractivity contribution in [1.82, 2.24) is 0 Å². The van der Waals surface area contributed by atoms with Gasteiger partial charge in [0.2, 0.25) is 0 Å². The van der Waals surface area contributed by atoms with Gasteiger partial charge in [0, 0.05) is 17.0 Å². The summed E-state index contributed by atoms with van der Waals surface area (Å²) >= 11 is 5.70. The van der Waals surface area contributed by atoms with Crippen molar-refractivity contribution >= 4 is 11.6 Å². The lowest BCUT2D eigenvalue weighted by atomic mass is 9.79. The molecule has 0 aliphatic carbocycles. The molecule has 0 aromatic heterocycles. The average Bonchev–Trinajstić information content (AvgIpc) is 2.17. The molecule has 3 heteroatoms. The Bertz CT molecular complexity index is 365. The first-order valence-electron chi connectivity index (χ1n) is 4.80. The summed E-state index contributed by atoms with van der Waals surface area (Å²) in [7, 11) is 0. The van der Waals surface area contributed by atoms with Crippen molar-refractivity contribution in [3.05, 3.63) is 47.3 Å². The van der Waals surface area contributed by atoms with Crippen molar-refractivity contribution in [3.63, 3.8) is 0 Å². The van der Waals surface area contributed by atoms with Crippen LogP contribution in [-0.4, -0.2) is 6.54 Å². The van der Waals surface area contributed by atoms with Crippen LogP contribution in [-0.2, 0) is 5.41 Å². The third-order valence-corrected chi connectivity index (χ3v) is 2.86. The van der Waals surface area contributed by atoms with Gasteiger partial charge in [-0.05, 0) is 24.1 Å². The summed E-state index contributed by atoms with van der Waals surface area (Å²) < 4.78 is 13.7. The van der Waals surface area contributed by atoms with Crippen LogP contribution in [0.1, 0.15) is 18.9 Å². The first-order valence-corrected chi connectivity index (χ1v) is 5.18. The van der Waals surface area contributed by atoms with Crippen molar-refractivity contribution in [1.29, 1.82) is 0 Å². The van der Waals surface area contributed by atoms with E-state index in [-0.39, 0.29) is 5.82 Å². The Morgan fingerprint density at radius 1 is 1.60 bits per heavy atom. The number of rotatable bonds is 4. The van der Waals surface area contributed by atoms with Crippen LogP contribution in [0.3, 0.4) is 0 Å². The molecule has 0 fully saturated rings. The zero-order valence-electron chi connectivity index (χ0n) is 8.76. The first-order chi connectivity index (χ1) is 7.03. The fourth-order valence-corrected chi connectivity index (χ4v) is 1.76. The fraction of sp³-hybridized carbons (Fsp3) is 0.333. The second-order valence-electron chi connectivity index (χ2n) is 3.88. The molecule has 0 amide bonds. The van der Waals surface area contributed by atoms with E-state index in [1.54, 1.807) is 18.2 Å². The minimum atomic E-state index is -0.406. The van der Waals surface area contributed by atoms with Gasteiger partial charge in [-0.3, -0.25) is 0 Å². The van der Waals surface area contributed by atoms with E-state index in [0.717, 1.165) is 0 Å². The topological polar surface area (TPSA) is 26.0 Å². The molecule has 0 bridgehead atoms. The van der Waals surface area contributed by atoms with Gasteiger partial charge >= 0.3 is 0 Å². The minimum Gasteiger partial charge on any atom is -0.330 e. The number of hydrogen-bond donors (Lipinski definition) is 1. The molecule has 1 unspecified atom stereocenters. The third-order valence-electron chi connectivity index (χ3n) is 2.63. The van der Waals surface area contributed by atoms with Gasteiger partial charge in [0.15, 0.2) is 0 Å². The highest BCUT2D eigenvalue weighted by molar-refractivity contribution is 6.30. The Labute approximate surface area is 94.7 Å². The van der Waals surface area contributed by atoms with E-state index >= 15 is 0 Å². The van der Waals surface area contributed by atoms with Gasteiger partial charge in [-0.15, -0.1) is 6.58 Å². The Morgan fingerprint density at radius 3 is 2.73 bits per heavy atom. The normalized spacial score (nSPS) is 14.7. The number of benzene rings is 1. The van der Waals surface area contributed by atoms with Crippen LogP contribution in [0.4, 0.5) is 4.39 Å². The molecule has 1 aromatic rings. The van der Waals surface area contributed by atoms with Crippen LogP contribution >= 0.6 is 11.6 Å². The van der Waals surface area contributed by atoms with Crippen molar-refractivity contribution in [3.8, 4) is 0 Å². The maximum Gasteiger partial charge on any atom is 0.128 e. The van der Waals surface area contributed by atoms with Crippen LogP contribution in [0, 0.1) is 5.82 Å². The first kappa shape index (κ1) is 12.2. The van der Waals surface area contributed by atoms with E-state index in [2.05, 4.69) is 6.58 Å². The second-order valence-corrected chi connectivity index (χ2v) is 4.32. The summed E-state index contributed by atoms with van der Waals surface area (Å²) in [4.78, 5) is 0. The van der Waals surface area contributed by atoms with E-state index in [4.69, 9.17) is 17.3 Å². The molecule has 0 radical (unpaired) electrons. The molecule has 82 valence electrons. The van der Waals surface area contributed by atoms with Gasteiger partial charge in [0.25, 0.3) is 0 Å². The van der Waals surface area contributed by atoms with E-state index in [9.17, 15) is 4.39 Å². The van der Waals surface area contributed by atoms with Gasteiger partial charge < -0.3 is 5.73 Å². The molecule has 1 rings (SSSR count). The number of hydrogen-bond acceptors (Lipinski definition) is 1. The van der Waals surface area contributed by atoms with E-state index in [1.807, 2.05) is 6.92 Å². The Hall–Kier alpha value is -0.860. The second kappa shape index (κ2) is 4.77. The molecule has 0 spiro atoms. The molecule has 0 aliphatic heterocycles. The van der Waals surface area contributed by atoms with Crippen molar-refractivity contribution in [2.45, 2.75) is 18.8 Å². The van der Waals surface area contributed by atoms with Crippen LogP contribution in [0.25, 0.3) is 0 Å². The monoisotopic (exact) mass is 227 g/mol. The van der Waals surface area contributed by atoms with Gasteiger partial charge in [0.1, 0.15) is 5.82 Å². The summed E-state index contributed by atoms with van der Waals surface area (Å²) in [5.74, 6) is -0.308. The Balaban J connectivity index is 3.17. The molecule has 0 aliphatic rings. The van der Waals surface area contributed by atoms with Crippen molar-refractivity contribution in [2.24, 2.45) is 5.73 Å². The molecule has 15 heavy (non-hydrogen) atoms. The summed E-state index contributed by atoms with van der Waals surface area (Å²) in [6, 6.07) is 4.68. The quantitative estimate of drug-likeness (QED) is 0.785. The molecule has 0 saturated carbocycles. The zero-order valence-corrected chi connectivity index (χ0v) is 9.52. The lowest BCUT2D eigenvalue weighted by molar-refractivity contribution is 0.458. The van der Waals surface area contributed by atoms with E-state index in [0.29, 0.717) is 23.6 Å². The number of halogens is 2. The van der Waals surface area contributed by atoms with Gasteiger partial charge in [-0.2, -0.15) is 0 Å². The van der Waals surface area contributed by atoms with E-state index < -0.39 is 5.41 Å². The van der Waals surface area contributed by atoms with Gasteiger partial charge in [-0.1, -0.05) is 30.7 Å². The number of allylic oxidation sites excluding steroid dienone is 1. The predicted octanol–water partition coefficient (Wildman–Crippen LogP) is 3.27. The molecule has 2 N–H and O–H groups in total. The molecule has 1 aromatic carbocycles. The molecule has 1 nitrogen and oxygen atoms in total. The SMILES string of the molecule is C=CCC(C)(CN)c1ccc(Cl)cc1F. The summed E-state index contributed by atoms with van der Waals surface area (Å²) in [6.45, 7) is 5.95. The highest BCUT2D eigenvalue weighted by Crippen LogP contribution is 2.30. The Kier molecular flexibility index (Phi) is 3.89. The van der Waals surface area contributed by atoms with Crippen molar-refractivity contribution < 1.29 is 4.39 Å². The third kappa shape index (κ3) is 2.58. The highest BCUT2D eigenvalue weighted by Gasteiger charge is 2.26. The van der Waals surface area contributed by atoms with E-state index in [1.165, 1.54) is 6.07 Å². The maximum atomic E-state index is 13.7. The summed E-state index contributed by atoms with van der Waals surface area (Å²) in [6.07, 6.45) is 2.39. The van der Waals surface area contributed by atoms with Crippen LogP contribution in [0.2, 0.25) is 5.02 Å². The smallest absolute Gasteiger partial charge is 0.128 e. The average molecular weight is 228 g/mol. The fourth-order valence-electron chi connectivity index (χ4n) is 1.60. The van der Waals surface area contributed by atoms with Crippen LogP contribution in [0.5, 0.6) is 0 Å². The lowest BCUT2D eigenvalue weighted by Gasteiger charge is -2.27. The van der Waals surface area contributed by atoms with Crippen LogP contribution < -0.4 is 5.73 Å². The number of nitrogens with two attached hydrogens (primary N) is 1. The highest BCUT2D eigenvalue weighted by atomic mass is 35.5. The Morgan fingerprint density at radius 2 is 2.27 bits per heavy atom. The maximum absolute atomic E-state index is 13.7. The lowest BCUT2D eigenvalue weighted by Crippen LogP contribution is -2.32. The standard InChI is InChI=1S/C12H15ClFN/c1-3-6-12(2,8-15)10-5-4-9(13)7-11(10)14/h3-5,7H,1,6,8,15H2,2H3. The zero-order chi connectivity index (χ0) is 11.5. The molecular formula is C12H15ClFN. The van der Waals surface area contributed by atoms with Gasteiger partial charge in [-0.25, -0.2) is 4.39 Å². The summed E-state index contributed by atoms with van der Waals surface area (Å²) in [5.41, 5.74) is 5.87.